The van der Waals surface area contributed by atoms with Gasteiger partial charge in [-0.05, 0) is 23.6 Å². The lowest BCUT2D eigenvalue weighted by molar-refractivity contribution is 0.421. The van der Waals surface area contributed by atoms with Gasteiger partial charge in [-0.1, -0.05) is 12.1 Å². The van der Waals surface area contributed by atoms with Gasteiger partial charge in [0.1, 0.15) is 15.8 Å². The van der Waals surface area contributed by atoms with Gasteiger partial charge in [0.2, 0.25) is 0 Å². The van der Waals surface area contributed by atoms with E-state index in [-0.39, 0.29) is 0 Å². The highest BCUT2D eigenvalue weighted by Gasteiger charge is 2.13. The number of benzene rings is 2. The van der Waals surface area contributed by atoms with E-state index in [1.54, 1.807) is 29.8 Å². The van der Waals surface area contributed by atoms with E-state index in [2.05, 4.69) is 40.3 Å². The lowest BCUT2D eigenvalue weighted by atomic mass is 10.0. The van der Waals surface area contributed by atoms with Gasteiger partial charge < -0.3 is 4.74 Å². The predicted molar refractivity (Wildman–Crippen MR) is 92.7 cm³/mol. The van der Waals surface area contributed by atoms with Crippen LogP contribution in [-0.2, 0) is 0 Å². The zero-order valence-electron chi connectivity index (χ0n) is 11.8. The van der Waals surface area contributed by atoms with Gasteiger partial charge in [0.25, 0.3) is 0 Å². The Bertz CT molecular complexity index is 915. The average Bonchev–Trinajstić information content (AvgIpc) is 3.26. The zero-order chi connectivity index (χ0) is 14.9. The fraction of sp³-hybridized carbons (Fsp3) is 0.0588. The van der Waals surface area contributed by atoms with Crippen LogP contribution in [0.25, 0.3) is 31.9 Å². The Kier molecular flexibility index (Phi) is 3.36. The van der Waals surface area contributed by atoms with E-state index in [0.717, 1.165) is 37.7 Å². The molecule has 4 aromatic rings. The molecule has 0 aliphatic rings. The largest absolute Gasteiger partial charge is 0.495 e. The summed E-state index contributed by atoms with van der Waals surface area (Å²) in [5, 5.41) is 8.21. The molecule has 2 aromatic heterocycles. The number of hydrogen-bond acceptors (Lipinski definition) is 5. The highest BCUT2D eigenvalue weighted by Crippen LogP contribution is 2.38. The van der Waals surface area contributed by atoms with E-state index < -0.39 is 0 Å². The van der Waals surface area contributed by atoms with Crippen molar-refractivity contribution in [1.29, 1.82) is 0 Å². The van der Waals surface area contributed by atoms with Gasteiger partial charge in [0.05, 0.1) is 12.7 Å². The van der Waals surface area contributed by atoms with Crippen molar-refractivity contribution in [3.63, 3.8) is 0 Å². The second-order valence-corrected chi connectivity index (χ2v) is 6.55. The van der Waals surface area contributed by atoms with Gasteiger partial charge in [0.15, 0.2) is 0 Å². The molecular formula is C17H12N2OS2. The normalized spacial score (nSPS) is 11.0. The summed E-state index contributed by atoms with van der Waals surface area (Å²) in [5.41, 5.74) is 2.17. The van der Waals surface area contributed by atoms with Crippen molar-refractivity contribution >= 4 is 33.4 Å². The van der Waals surface area contributed by atoms with Crippen LogP contribution in [0.5, 0.6) is 5.75 Å². The number of fused-ring (bicyclic) bond motifs is 1. The van der Waals surface area contributed by atoms with Gasteiger partial charge in [-0.15, -0.1) is 22.7 Å². The topological polar surface area (TPSA) is 35.0 Å². The van der Waals surface area contributed by atoms with Crippen LogP contribution in [0.2, 0.25) is 0 Å². The first-order valence-corrected chi connectivity index (χ1v) is 8.53. The van der Waals surface area contributed by atoms with Crippen molar-refractivity contribution in [2.24, 2.45) is 0 Å². The third kappa shape index (κ3) is 2.19. The standard InChI is InChI=1S/C17H12N2OS2/c1-20-15-13-4-3-12(16-18-6-8-21-16)10-11(13)2-5-14(15)17-19-7-9-22-17/h2-10H,1H3. The number of thiazole rings is 2. The minimum Gasteiger partial charge on any atom is -0.495 e. The van der Waals surface area contributed by atoms with Crippen LogP contribution in [0.3, 0.4) is 0 Å². The van der Waals surface area contributed by atoms with E-state index in [0.29, 0.717) is 0 Å². The maximum absolute atomic E-state index is 5.67. The van der Waals surface area contributed by atoms with Crippen molar-refractivity contribution in [3.8, 4) is 26.9 Å². The number of methoxy groups -OCH3 is 1. The number of rotatable bonds is 3. The highest BCUT2D eigenvalue weighted by molar-refractivity contribution is 7.13. The number of hydrogen-bond donors (Lipinski definition) is 0. The molecular weight excluding hydrogens is 312 g/mol. The van der Waals surface area contributed by atoms with E-state index in [1.165, 1.54) is 0 Å². The first-order chi connectivity index (χ1) is 10.9. The van der Waals surface area contributed by atoms with Gasteiger partial charge in [0, 0.05) is 34.1 Å². The Balaban J connectivity index is 1.92. The number of nitrogens with zero attached hydrogens (tertiary/aromatic N) is 2. The maximum atomic E-state index is 5.67. The lowest BCUT2D eigenvalue weighted by Gasteiger charge is -2.11. The molecule has 0 aliphatic carbocycles. The number of aromatic nitrogens is 2. The molecule has 0 fully saturated rings. The Labute approximate surface area is 135 Å². The van der Waals surface area contributed by atoms with Crippen LogP contribution in [-0.4, -0.2) is 17.1 Å². The van der Waals surface area contributed by atoms with Gasteiger partial charge >= 0.3 is 0 Å². The van der Waals surface area contributed by atoms with Crippen molar-refractivity contribution in [2.45, 2.75) is 0 Å². The lowest BCUT2D eigenvalue weighted by Crippen LogP contribution is -1.90. The van der Waals surface area contributed by atoms with Crippen molar-refractivity contribution in [3.05, 3.63) is 53.5 Å². The Hall–Kier alpha value is -2.24. The smallest absolute Gasteiger partial charge is 0.136 e. The molecule has 2 heterocycles. The summed E-state index contributed by atoms with van der Waals surface area (Å²) in [6, 6.07) is 10.5. The van der Waals surface area contributed by atoms with E-state index in [1.807, 2.05) is 23.2 Å². The summed E-state index contributed by atoms with van der Waals surface area (Å²) in [5.74, 6) is 0.873. The summed E-state index contributed by atoms with van der Waals surface area (Å²) in [6.45, 7) is 0. The fourth-order valence-electron chi connectivity index (χ4n) is 2.55. The monoisotopic (exact) mass is 324 g/mol. The Morgan fingerprint density at radius 3 is 2.36 bits per heavy atom. The zero-order valence-corrected chi connectivity index (χ0v) is 13.4. The molecule has 0 saturated carbocycles. The van der Waals surface area contributed by atoms with Gasteiger partial charge in [-0.25, -0.2) is 9.97 Å². The summed E-state index contributed by atoms with van der Waals surface area (Å²) in [6.07, 6.45) is 3.64. The molecule has 0 atom stereocenters. The number of ether oxygens (including phenoxy) is 1. The SMILES string of the molecule is COc1c(-c2nccs2)ccc2cc(-c3nccs3)ccc12. The van der Waals surface area contributed by atoms with Gasteiger partial charge in [-0.2, -0.15) is 0 Å². The molecule has 4 rings (SSSR count). The molecule has 0 radical (unpaired) electrons. The molecule has 0 saturated heterocycles. The Morgan fingerprint density at radius 2 is 1.68 bits per heavy atom. The van der Waals surface area contributed by atoms with Crippen LogP contribution in [0.15, 0.2) is 53.5 Å². The molecule has 0 N–H and O–H groups in total. The van der Waals surface area contributed by atoms with E-state index in [4.69, 9.17) is 4.74 Å². The van der Waals surface area contributed by atoms with Crippen LogP contribution >= 0.6 is 22.7 Å². The quantitative estimate of drug-likeness (QED) is 0.526. The van der Waals surface area contributed by atoms with E-state index >= 15 is 0 Å². The van der Waals surface area contributed by atoms with Crippen LogP contribution in [0, 0.1) is 0 Å². The predicted octanol–water partition coefficient (Wildman–Crippen LogP) is 5.10. The molecule has 0 spiro atoms. The van der Waals surface area contributed by atoms with Crippen LogP contribution in [0.4, 0.5) is 0 Å². The minimum absolute atomic E-state index is 0.873. The van der Waals surface area contributed by atoms with E-state index in [9.17, 15) is 0 Å². The fourth-order valence-corrected chi connectivity index (χ4v) is 3.84. The van der Waals surface area contributed by atoms with Crippen LogP contribution < -0.4 is 4.74 Å². The third-order valence-electron chi connectivity index (χ3n) is 3.52. The summed E-state index contributed by atoms with van der Waals surface area (Å²) in [7, 11) is 1.71. The van der Waals surface area contributed by atoms with Crippen molar-refractivity contribution < 1.29 is 4.74 Å². The van der Waals surface area contributed by atoms with Crippen molar-refractivity contribution in [2.75, 3.05) is 7.11 Å². The summed E-state index contributed by atoms with van der Waals surface area (Å²) >= 11 is 3.26. The first-order valence-electron chi connectivity index (χ1n) is 6.77. The minimum atomic E-state index is 0.873. The second-order valence-electron chi connectivity index (χ2n) is 4.76. The second kappa shape index (κ2) is 5.51. The molecule has 5 heteroatoms. The molecule has 2 aromatic carbocycles. The van der Waals surface area contributed by atoms with Gasteiger partial charge in [-0.3, -0.25) is 0 Å². The van der Waals surface area contributed by atoms with Crippen LogP contribution in [0.1, 0.15) is 0 Å². The Morgan fingerprint density at radius 1 is 0.909 bits per heavy atom. The molecule has 0 bridgehead atoms. The molecule has 22 heavy (non-hydrogen) atoms. The molecule has 0 unspecified atom stereocenters. The molecule has 0 aliphatic heterocycles. The highest BCUT2D eigenvalue weighted by atomic mass is 32.1. The molecule has 108 valence electrons. The average molecular weight is 324 g/mol. The third-order valence-corrected chi connectivity index (χ3v) is 5.15. The van der Waals surface area contributed by atoms with Crippen molar-refractivity contribution in [1.82, 2.24) is 9.97 Å². The molecule has 0 amide bonds. The summed E-state index contributed by atoms with van der Waals surface area (Å²) in [4.78, 5) is 8.76. The first kappa shape index (κ1) is 13.4. The maximum Gasteiger partial charge on any atom is 0.136 e. The molecule has 3 nitrogen and oxygen atoms in total. The summed E-state index contributed by atoms with van der Waals surface area (Å²) < 4.78 is 5.67.